The standard InChI is InChI=1S/C17H16.C2H6/c1-11-7-8-13(3)17-15(11)10-9-14-6-4-5-12(2)16(14)17;1-2/h4-10H,1-3H3;1-2H3. The summed E-state index contributed by atoms with van der Waals surface area (Å²) in [5.74, 6) is 0. The van der Waals surface area contributed by atoms with Crippen LogP contribution in [0.25, 0.3) is 21.5 Å². The molecule has 0 N–H and O–H groups in total. The van der Waals surface area contributed by atoms with E-state index in [9.17, 15) is 0 Å². The van der Waals surface area contributed by atoms with E-state index in [0.29, 0.717) is 0 Å². The highest BCUT2D eigenvalue weighted by Crippen LogP contribution is 2.32. The third kappa shape index (κ3) is 2.23. The van der Waals surface area contributed by atoms with Gasteiger partial charge in [0.1, 0.15) is 0 Å². The zero-order valence-corrected chi connectivity index (χ0v) is 12.5. The summed E-state index contributed by atoms with van der Waals surface area (Å²) >= 11 is 0. The van der Waals surface area contributed by atoms with Crippen molar-refractivity contribution in [1.82, 2.24) is 0 Å². The third-order valence-electron chi connectivity index (χ3n) is 3.66. The summed E-state index contributed by atoms with van der Waals surface area (Å²) < 4.78 is 0. The third-order valence-corrected chi connectivity index (χ3v) is 3.66. The molecule has 3 aromatic carbocycles. The molecule has 0 heteroatoms. The Balaban J connectivity index is 0.000000637. The molecule has 0 aromatic heterocycles. The Hall–Kier alpha value is -1.82. The highest BCUT2D eigenvalue weighted by atomic mass is 14.1. The largest absolute Gasteiger partial charge is 0.0683 e. The maximum absolute atomic E-state index is 2.25. The molecule has 19 heavy (non-hydrogen) atoms. The predicted molar refractivity (Wildman–Crippen MR) is 87.0 cm³/mol. The Kier molecular flexibility index (Phi) is 3.90. The molecule has 0 unspecified atom stereocenters. The first-order chi connectivity index (χ1) is 9.18. The fourth-order valence-electron chi connectivity index (χ4n) is 2.72. The molecular weight excluding hydrogens is 228 g/mol. The number of hydrogen-bond donors (Lipinski definition) is 0. The Bertz CT molecular complexity index is 721. The number of aryl methyl sites for hydroxylation is 3. The highest BCUT2D eigenvalue weighted by molar-refractivity contribution is 6.11. The van der Waals surface area contributed by atoms with Gasteiger partial charge < -0.3 is 0 Å². The Morgan fingerprint density at radius 1 is 0.579 bits per heavy atom. The van der Waals surface area contributed by atoms with Crippen molar-refractivity contribution in [2.45, 2.75) is 34.6 Å². The molecule has 0 aliphatic carbocycles. The fourth-order valence-corrected chi connectivity index (χ4v) is 2.72. The molecule has 0 heterocycles. The van der Waals surface area contributed by atoms with Crippen LogP contribution in [0.1, 0.15) is 30.5 Å². The first-order valence-corrected chi connectivity index (χ1v) is 7.07. The molecule has 0 bridgehead atoms. The Morgan fingerprint density at radius 2 is 1.21 bits per heavy atom. The fraction of sp³-hybridized carbons (Fsp3) is 0.263. The van der Waals surface area contributed by atoms with Crippen LogP contribution in [-0.4, -0.2) is 0 Å². The summed E-state index contributed by atoms with van der Waals surface area (Å²) in [6.45, 7) is 10.6. The van der Waals surface area contributed by atoms with Crippen LogP contribution in [0.5, 0.6) is 0 Å². The molecule has 3 aromatic rings. The van der Waals surface area contributed by atoms with Gasteiger partial charge in [0, 0.05) is 0 Å². The van der Waals surface area contributed by atoms with Gasteiger partial charge in [0.05, 0.1) is 0 Å². The predicted octanol–water partition coefficient (Wildman–Crippen LogP) is 5.94. The van der Waals surface area contributed by atoms with Crippen LogP contribution in [0.3, 0.4) is 0 Å². The van der Waals surface area contributed by atoms with E-state index in [0.717, 1.165) is 0 Å². The van der Waals surface area contributed by atoms with E-state index in [1.54, 1.807) is 0 Å². The first kappa shape index (κ1) is 13.6. The van der Waals surface area contributed by atoms with E-state index < -0.39 is 0 Å². The number of benzene rings is 3. The van der Waals surface area contributed by atoms with Crippen molar-refractivity contribution < 1.29 is 0 Å². The monoisotopic (exact) mass is 250 g/mol. The Labute approximate surface area is 116 Å². The smallest absolute Gasteiger partial charge is 0.00708 e. The van der Waals surface area contributed by atoms with E-state index in [1.165, 1.54) is 38.2 Å². The van der Waals surface area contributed by atoms with Crippen molar-refractivity contribution in [2.24, 2.45) is 0 Å². The van der Waals surface area contributed by atoms with Gasteiger partial charge in [-0.25, -0.2) is 0 Å². The van der Waals surface area contributed by atoms with Crippen LogP contribution in [0.4, 0.5) is 0 Å². The van der Waals surface area contributed by atoms with E-state index in [4.69, 9.17) is 0 Å². The van der Waals surface area contributed by atoms with Gasteiger partial charge in [0.2, 0.25) is 0 Å². The van der Waals surface area contributed by atoms with Crippen LogP contribution in [0.15, 0.2) is 42.5 Å². The second-order valence-electron chi connectivity index (χ2n) is 4.86. The second-order valence-corrected chi connectivity index (χ2v) is 4.86. The van der Waals surface area contributed by atoms with Crippen LogP contribution in [-0.2, 0) is 0 Å². The summed E-state index contributed by atoms with van der Waals surface area (Å²) in [7, 11) is 0. The lowest BCUT2D eigenvalue weighted by atomic mass is 9.93. The zero-order valence-electron chi connectivity index (χ0n) is 12.5. The molecule has 0 spiro atoms. The maximum atomic E-state index is 2.25. The second kappa shape index (κ2) is 5.44. The van der Waals surface area contributed by atoms with Gasteiger partial charge in [0.15, 0.2) is 0 Å². The van der Waals surface area contributed by atoms with E-state index >= 15 is 0 Å². The molecule has 0 aliphatic rings. The summed E-state index contributed by atoms with van der Waals surface area (Å²) in [5.41, 5.74) is 4.09. The molecule has 0 nitrogen and oxygen atoms in total. The van der Waals surface area contributed by atoms with Gasteiger partial charge >= 0.3 is 0 Å². The molecule has 0 amide bonds. The van der Waals surface area contributed by atoms with Crippen molar-refractivity contribution in [1.29, 1.82) is 0 Å². The van der Waals surface area contributed by atoms with Gasteiger partial charge in [-0.15, -0.1) is 0 Å². The van der Waals surface area contributed by atoms with Gasteiger partial charge in [-0.1, -0.05) is 56.3 Å². The van der Waals surface area contributed by atoms with E-state index in [-0.39, 0.29) is 0 Å². The summed E-state index contributed by atoms with van der Waals surface area (Å²) in [4.78, 5) is 0. The van der Waals surface area contributed by atoms with Crippen LogP contribution in [0, 0.1) is 20.8 Å². The molecule has 0 saturated heterocycles. The molecule has 0 atom stereocenters. The van der Waals surface area contributed by atoms with E-state index in [2.05, 4.69) is 63.2 Å². The minimum Gasteiger partial charge on any atom is -0.0683 e. The quantitative estimate of drug-likeness (QED) is 0.433. The minimum atomic E-state index is 1.34. The topological polar surface area (TPSA) is 0 Å². The molecular formula is C19H22. The van der Waals surface area contributed by atoms with Gasteiger partial charge in [-0.05, 0) is 59.0 Å². The molecule has 98 valence electrons. The lowest BCUT2D eigenvalue weighted by Gasteiger charge is -2.11. The van der Waals surface area contributed by atoms with Crippen LogP contribution < -0.4 is 0 Å². The lowest BCUT2D eigenvalue weighted by molar-refractivity contribution is 1.46. The van der Waals surface area contributed by atoms with Crippen LogP contribution in [0.2, 0.25) is 0 Å². The normalized spacial score (nSPS) is 10.4. The highest BCUT2D eigenvalue weighted by Gasteiger charge is 2.06. The first-order valence-electron chi connectivity index (χ1n) is 7.07. The minimum absolute atomic E-state index is 1.34. The number of rotatable bonds is 0. The number of fused-ring (bicyclic) bond motifs is 3. The lowest BCUT2D eigenvalue weighted by Crippen LogP contribution is -1.87. The van der Waals surface area contributed by atoms with Crippen molar-refractivity contribution in [3.63, 3.8) is 0 Å². The zero-order chi connectivity index (χ0) is 14.0. The van der Waals surface area contributed by atoms with E-state index in [1.807, 2.05) is 13.8 Å². The van der Waals surface area contributed by atoms with Gasteiger partial charge in [0.25, 0.3) is 0 Å². The number of hydrogen-bond acceptors (Lipinski definition) is 0. The summed E-state index contributed by atoms with van der Waals surface area (Å²) in [6.07, 6.45) is 0. The average Bonchev–Trinajstić information content (AvgIpc) is 2.45. The molecule has 0 fully saturated rings. The molecule has 0 radical (unpaired) electrons. The SMILES string of the molecule is CC.Cc1ccc(C)c2c1ccc1cccc(C)c12. The molecule has 3 rings (SSSR count). The maximum Gasteiger partial charge on any atom is -0.00708 e. The van der Waals surface area contributed by atoms with Gasteiger partial charge in [-0.3, -0.25) is 0 Å². The summed E-state index contributed by atoms with van der Waals surface area (Å²) in [5, 5.41) is 5.55. The van der Waals surface area contributed by atoms with Crippen molar-refractivity contribution in [3.05, 3.63) is 59.2 Å². The van der Waals surface area contributed by atoms with Crippen LogP contribution >= 0.6 is 0 Å². The van der Waals surface area contributed by atoms with Crippen molar-refractivity contribution in [3.8, 4) is 0 Å². The van der Waals surface area contributed by atoms with Crippen molar-refractivity contribution in [2.75, 3.05) is 0 Å². The summed E-state index contributed by atoms with van der Waals surface area (Å²) in [6, 6.07) is 15.4. The average molecular weight is 250 g/mol. The molecule has 0 saturated carbocycles. The van der Waals surface area contributed by atoms with Crippen molar-refractivity contribution >= 4 is 21.5 Å². The molecule has 0 aliphatic heterocycles. The Morgan fingerprint density at radius 3 is 1.95 bits per heavy atom. The van der Waals surface area contributed by atoms with Gasteiger partial charge in [-0.2, -0.15) is 0 Å².